The maximum absolute atomic E-state index is 14.0. The van der Waals surface area contributed by atoms with Crippen LogP contribution in [0.2, 0.25) is 0 Å². The monoisotopic (exact) mass is 665 g/mol. The molecule has 0 aromatic heterocycles. The van der Waals surface area contributed by atoms with E-state index in [-0.39, 0.29) is 23.2 Å². The third kappa shape index (κ3) is 8.97. The summed E-state index contributed by atoms with van der Waals surface area (Å²) >= 11 is 2.89. The molecule has 4 saturated heterocycles. The first kappa shape index (κ1) is 35.4. The van der Waals surface area contributed by atoms with Crippen molar-refractivity contribution in [1.82, 2.24) is 15.5 Å². The van der Waals surface area contributed by atoms with Gasteiger partial charge in [-0.15, -0.1) is 23.5 Å². The number of thioether (sulfide) groups is 2. The SMILES string of the molecule is CSC1O[C@H]([C@H](NC(=O)[C@H]2NC[C@@H]3C[C@H](CC(C)C)CCO[C@H]32)[C@H](C)Sc2ccc(CN3CCCCC3)cc2)C(O)[C@@H](O)[C@H]1O. The van der Waals surface area contributed by atoms with Crippen LogP contribution in [-0.4, -0.2) is 112 Å². The van der Waals surface area contributed by atoms with Crippen LogP contribution < -0.4 is 10.6 Å². The normalized spacial score (nSPS) is 35.9. The molecule has 2 unspecified atom stereocenters. The molecule has 11 atom stereocenters. The van der Waals surface area contributed by atoms with Crippen molar-refractivity contribution in [3.63, 3.8) is 0 Å². The lowest BCUT2D eigenvalue weighted by Crippen LogP contribution is -2.65. The number of benzene rings is 1. The van der Waals surface area contributed by atoms with Crippen LogP contribution in [0.15, 0.2) is 29.2 Å². The van der Waals surface area contributed by atoms with Crippen molar-refractivity contribution >= 4 is 29.4 Å². The van der Waals surface area contributed by atoms with Crippen LogP contribution in [0.5, 0.6) is 0 Å². The van der Waals surface area contributed by atoms with Gasteiger partial charge in [0.1, 0.15) is 35.9 Å². The number of carbonyl (C=O) groups is 1. The highest BCUT2D eigenvalue weighted by atomic mass is 32.2. The van der Waals surface area contributed by atoms with Gasteiger partial charge in [0.05, 0.1) is 12.1 Å². The van der Waals surface area contributed by atoms with Gasteiger partial charge in [-0.1, -0.05) is 39.3 Å². The number of hydrogen-bond acceptors (Lipinski definition) is 10. The van der Waals surface area contributed by atoms with Crippen molar-refractivity contribution in [1.29, 1.82) is 0 Å². The summed E-state index contributed by atoms with van der Waals surface area (Å²) in [4.78, 5) is 17.6. The van der Waals surface area contributed by atoms with E-state index in [2.05, 4.69) is 53.6 Å². The second-order valence-corrected chi connectivity index (χ2v) is 16.4. The number of piperidine rings is 1. The average molecular weight is 666 g/mol. The zero-order chi connectivity index (χ0) is 32.1. The van der Waals surface area contributed by atoms with Crippen molar-refractivity contribution in [2.75, 3.05) is 32.5 Å². The maximum atomic E-state index is 14.0. The summed E-state index contributed by atoms with van der Waals surface area (Å²) in [5.41, 5.74) is 0.557. The van der Waals surface area contributed by atoms with E-state index in [1.807, 2.05) is 6.92 Å². The van der Waals surface area contributed by atoms with Gasteiger partial charge in [0.2, 0.25) is 5.91 Å². The number of fused-ring (bicyclic) bond motifs is 1. The van der Waals surface area contributed by atoms with Gasteiger partial charge in [0.15, 0.2) is 0 Å². The van der Waals surface area contributed by atoms with Gasteiger partial charge >= 0.3 is 0 Å². The van der Waals surface area contributed by atoms with Gasteiger partial charge in [-0.3, -0.25) is 9.69 Å². The van der Waals surface area contributed by atoms with Crippen LogP contribution in [0.3, 0.4) is 0 Å². The minimum atomic E-state index is -1.39. The van der Waals surface area contributed by atoms with E-state index in [0.717, 1.165) is 43.9 Å². The Bertz CT molecular complexity index is 1070. The first-order chi connectivity index (χ1) is 21.6. The zero-order valence-electron chi connectivity index (χ0n) is 27.3. The highest BCUT2D eigenvalue weighted by Gasteiger charge is 2.50. The number of amides is 1. The predicted octanol–water partition coefficient (Wildman–Crippen LogP) is 3.24. The lowest BCUT2D eigenvalue weighted by molar-refractivity contribution is -0.205. The smallest absolute Gasteiger partial charge is 0.240 e. The largest absolute Gasteiger partial charge is 0.388 e. The highest BCUT2D eigenvalue weighted by Crippen LogP contribution is 2.36. The molecular weight excluding hydrogens is 611 g/mol. The zero-order valence-corrected chi connectivity index (χ0v) is 29.0. The second kappa shape index (κ2) is 16.5. The molecule has 9 nitrogen and oxygen atoms in total. The average Bonchev–Trinajstić information content (AvgIpc) is 3.31. The molecule has 5 N–H and O–H groups in total. The number of ether oxygens (including phenoxy) is 2. The topological polar surface area (TPSA) is 124 Å². The molecule has 4 fully saturated rings. The number of nitrogens with one attached hydrogen (secondary N) is 2. The van der Waals surface area contributed by atoms with Gasteiger partial charge in [0.25, 0.3) is 0 Å². The van der Waals surface area contributed by atoms with Crippen LogP contribution in [0, 0.1) is 17.8 Å². The van der Waals surface area contributed by atoms with Crippen molar-refractivity contribution in [2.24, 2.45) is 17.8 Å². The Balaban J connectivity index is 1.30. The van der Waals surface area contributed by atoms with Gasteiger partial charge in [-0.05, 0) is 86.9 Å². The first-order valence-electron chi connectivity index (χ1n) is 17.0. The van der Waals surface area contributed by atoms with Crippen molar-refractivity contribution < 1.29 is 29.6 Å². The van der Waals surface area contributed by atoms with Crippen molar-refractivity contribution in [3.05, 3.63) is 29.8 Å². The summed E-state index contributed by atoms with van der Waals surface area (Å²) in [5.74, 6) is 1.32. The van der Waals surface area contributed by atoms with Gasteiger partial charge < -0.3 is 35.4 Å². The number of likely N-dealkylation sites (tertiary alicyclic amines) is 1. The molecule has 4 heterocycles. The van der Waals surface area contributed by atoms with E-state index in [1.165, 1.54) is 43.0 Å². The van der Waals surface area contributed by atoms with Crippen LogP contribution in [0.1, 0.15) is 64.9 Å². The quantitative estimate of drug-likeness (QED) is 0.225. The van der Waals surface area contributed by atoms with E-state index < -0.39 is 41.9 Å². The summed E-state index contributed by atoms with van der Waals surface area (Å²) in [6, 6.07) is 7.45. The third-order valence-corrected chi connectivity index (χ3v) is 12.1. The second-order valence-electron chi connectivity index (χ2n) is 14.0. The summed E-state index contributed by atoms with van der Waals surface area (Å²) in [6.07, 6.45) is 3.79. The van der Waals surface area contributed by atoms with Crippen LogP contribution in [-0.2, 0) is 20.8 Å². The molecule has 0 bridgehead atoms. The van der Waals surface area contributed by atoms with Gasteiger partial charge in [0, 0.05) is 29.8 Å². The van der Waals surface area contributed by atoms with Crippen molar-refractivity contribution in [2.45, 2.75) is 124 Å². The molecule has 5 rings (SSSR count). The van der Waals surface area contributed by atoms with E-state index in [1.54, 1.807) is 18.0 Å². The van der Waals surface area contributed by atoms with Crippen molar-refractivity contribution in [3.8, 4) is 0 Å². The Morgan fingerprint density at radius 3 is 2.49 bits per heavy atom. The van der Waals surface area contributed by atoms with E-state index in [4.69, 9.17) is 9.47 Å². The molecule has 1 amide bonds. The molecule has 0 aliphatic carbocycles. The minimum Gasteiger partial charge on any atom is -0.388 e. The highest BCUT2D eigenvalue weighted by molar-refractivity contribution is 8.00. The molecule has 0 saturated carbocycles. The molecule has 4 aliphatic heterocycles. The predicted molar refractivity (Wildman–Crippen MR) is 180 cm³/mol. The molecule has 1 aromatic rings. The molecule has 254 valence electrons. The lowest BCUT2D eigenvalue weighted by Gasteiger charge is -2.44. The molecule has 1 aromatic carbocycles. The standard InChI is InChI=1S/C34H55N3O6S2/c1-20(2)16-23-12-15-42-31-24(17-23)18-35-27(31)33(41)36-26(32-29(39)28(38)30(40)34(43-32)44-4)21(3)45-25-10-8-22(9-11-25)19-37-13-6-5-7-14-37/h8-11,20-21,23-24,26-32,34-35,38-40H,5-7,12-19H2,1-4H3,(H,36,41)/t21-,23-,24-,26+,27-,28+,29?,30+,31+,32+,34?/m0/s1. The van der Waals surface area contributed by atoms with Gasteiger partial charge in [-0.25, -0.2) is 0 Å². The van der Waals surface area contributed by atoms with E-state index >= 15 is 0 Å². The fourth-order valence-corrected chi connectivity index (χ4v) is 9.47. The minimum absolute atomic E-state index is 0.184. The molecule has 0 spiro atoms. The van der Waals surface area contributed by atoms with Crippen LogP contribution in [0.25, 0.3) is 0 Å². The Labute approximate surface area is 278 Å². The number of carbonyl (C=O) groups excluding carboxylic acids is 1. The third-order valence-electron chi connectivity index (χ3n) is 10.1. The summed E-state index contributed by atoms with van der Waals surface area (Å²) in [6.45, 7) is 11.2. The number of nitrogens with zero attached hydrogens (tertiary/aromatic N) is 1. The summed E-state index contributed by atoms with van der Waals surface area (Å²) < 4.78 is 12.5. The lowest BCUT2D eigenvalue weighted by atomic mass is 9.85. The van der Waals surface area contributed by atoms with Crippen LogP contribution >= 0.6 is 23.5 Å². The summed E-state index contributed by atoms with van der Waals surface area (Å²) in [5, 5.41) is 38.9. The molecular formula is C34H55N3O6S2. The molecule has 11 heteroatoms. The van der Waals surface area contributed by atoms with Crippen LogP contribution in [0.4, 0.5) is 0 Å². The van der Waals surface area contributed by atoms with E-state index in [9.17, 15) is 20.1 Å². The molecule has 45 heavy (non-hydrogen) atoms. The Hall–Kier alpha value is -0.890. The van der Waals surface area contributed by atoms with Gasteiger partial charge in [-0.2, -0.15) is 0 Å². The Kier molecular flexibility index (Phi) is 13.0. The molecule has 0 radical (unpaired) electrons. The fraction of sp³-hybridized carbons (Fsp3) is 0.794. The number of aliphatic hydroxyl groups excluding tert-OH is 3. The Morgan fingerprint density at radius 1 is 1.07 bits per heavy atom. The van der Waals surface area contributed by atoms with E-state index in [0.29, 0.717) is 18.4 Å². The number of hydrogen-bond donors (Lipinski definition) is 5. The Morgan fingerprint density at radius 2 is 1.80 bits per heavy atom. The molecule has 4 aliphatic rings. The number of aliphatic hydroxyl groups is 3. The summed E-state index contributed by atoms with van der Waals surface area (Å²) in [7, 11) is 0. The maximum Gasteiger partial charge on any atom is 0.240 e. The number of rotatable bonds is 11. The fourth-order valence-electron chi connectivity index (χ4n) is 7.70. The first-order valence-corrected chi connectivity index (χ1v) is 19.2.